The van der Waals surface area contributed by atoms with E-state index in [1.165, 1.54) is 6.20 Å². The molecular formula is C17H20BrN3O4. The molecule has 1 aromatic carbocycles. The summed E-state index contributed by atoms with van der Waals surface area (Å²) in [5, 5.41) is 5.53. The average molecular weight is 410 g/mol. The average Bonchev–Trinajstić information content (AvgIpc) is 2.48. The SMILES string of the molecule is CC(C)(C)OC(=O)NCCC(=O)Nc1c[nH]c2cc(Br)ccc2c1=O. The second-order valence-electron chi connectivity index (χ2n) is 6.45. The van der Waals surface area contributed by atoms with Crippen molar-refractivity contribution in [2.45, 2.75) is 32.8 Å². The van der Waals surface area contributed by atoms with Crippen molar-refractivity contribution in [3.63, 3.8) is 0 Å². The molecule has 8 heteroatoms. The van der Waals surface area contributed by atoms with Crippen LogP contribution in [0.5, 0.6) is 0 Å². The third-order valence-electron chi connectivity index (χ3n) is 3.14. The summed E-state index contributed by atoms with van der Waals surface area (Å²) >= 11 is 3.34. The van der Waals surface area contributed by atoms with E-state index >= 15 is 0 Å². The molecule has 0 fully saturated rings. The number of H-pyrrole nitrogens is 1. The number of hydrogen-bond donors (Lipinski definition) is 3. The Labute approximate surface area is 153 Å². The van der Waals surface area contributed by atoms with E-state index in [1.807, 2.05) is 0 Å². The van der Waals surface area contributed by atoms with Gasteiger partial charge in [0, 0.05) is 29.0 Å². The predicted octanol–water partition coefficient (Wildman–Crippen LogP) is 3.14. The molecular weight excluding hydrogens is 390 g/mol. The highest BCUT2D eigenvalue weighted by Gasteiger charge is 2.16. The zero-order chi connectivity index (χ0) is 18.6. The van der Waals surface area contributed by atoms with Gasteiger partial charge in [-0.15, -0.1) is 0 Å². The Morgan fingerprint density at radius 2 is 2.00 bits per heavy atom. The molecule has 134 valence electrons. The van der Waals surface area contributed by atoms with Crippen molar-refractivity contribution in [1.82, 2.24) is 10.3 Å². The summed E-state index contributed by atoms with van der Waals surface area (Å²) in [6.45, 7) is 5.37. The van der Waals surface area contributed by atoms with E-state index < -0.39 is 11.7 Å². The first kappa shape index (κ1) is 19.0. The topological polar surface area (TPSA) is 100 Å². The van der Waals surface area contributed by atoms with Crippen LogP contribution in [0.25, 0.3) is 10.9 Å². The molecule has 0 aliphatic heterocycles. The maximum absolute atomic E-state index is 12.4. The Hall–Kier alpha value is -2.35. The molecule has 1 heterocycles. The van der Waals surface area contributed by atoms with Crippen molar-refractivity contribution in [3.8, 4) is 0 Å². The van der Waals surface area contributed by atoms with Crippen LogP contribution in [0.4, 0.5) is 10.5 Å². The van der Waals surface area contributed by atoms with E-state index in [1.54, 1.807) is 39.0 Å². The van der Waals surface area contributed by atoms with Crippen LogP contribution in [0.2, 0.25) is 0 Å². The number of halogens is 1. The maximum Gasteiger partial charge on any atom is 0.407 e. The summed E-state index contributed by atoms with van der Waals surface area (Å²) in [6, 6.07) is 5.22. The third kappa shape index (κ3) is 5.60. The van der Waals surface area contributed by atoms with Crippen LogP contribution in [0, 0.1) is 0 Å². The molecule has 0 aliphatic carbocycles. The fourth-order valence-electron chi connectivity index (χ4n) is 2.09. The van der Waals surface area contributed by atoms with Gasteiger partial charge in [0.25, 0.3) is 0 Å². The monoisotopic (exact) mass is 409 g/mol. The molecule has 25 heavy (non-hydrogen) atoms. The minimum absolute atomic E-state index is 0.0249. The Morgan fingerprint density at radius 3 is 2.68 bits per heavy atom. The molecule has 2 amide bonds. The first-order valence-electron chi connectivity index (χ1n) is 7.73. The van der Waals surface area contributed by atoms with Crippen LogP contribution in [0.15, 0.2) is 33.7 Å². The highest BCUT2D eigenvalue weighted by molar-refractivity contribution is 9.10. The number of nitrogens with one attached hydrogen (secondary N) is 3. The highest BCUT2D eigenvalue weighted by atomic mass is 79.9. The number of ether oxygens (including phenoxy) is 1. The Kier molecular flexibility index (Phi) is 5.84. The van der Waals surface area contributed by atoms with Gasteiger partial charge in [0.2, 0.25) is 11.3 Å². The molecule has 2 rings (SSSR count). The first-order valence-corrected chi connectivity index (χ1v) is 8.53. The number of pyridine rings is 1. The molecule has 0 saturated heterocycles. The summed E-state index contributed by atoms with van der Waals surface area (Å²) < 4.78 is 5.92. The van der Waals surface area contributed by atoms with E-state index in [0.29, 0.717) is 10.9 Å². The van der Waals surface area contributed by atoms with Gasteiger partial charge in [0.15, 0.2) is 0 Å². The second-order valence-corrected chi connectivity index (χ2v) is 7.36. The summed E-state index contributed by atoms with van der Waals surface area (Å²) in [6.07, 6.45) is 0.891. The number of anilines is 1. The molecule has 0 spiro atoms. The number of fused-ring (bicyclic) bond motifs is 1. The van der Waals surface area contributed by atoms with Crippen molar-refractivity contribution < 1.29 is 14.3 Å². The molecule has 7 nitrogen and oxygen atoms in total. The van der Waals surface area contributed by atoms with E-state index in [9.17, 15) is 14.4 Å². The lowest BCUT2D eigenvalue weighted by atomic mass is 10.2. The fourth-order valence-corrected chi connectivity index (χ4v) is 2.45. The molecule has 0 bridgehead atoms. The van der Waals surface area contributed by atoms with Crippen LogP contribution < -0.4 is 16.1 Å². The standard InChI is InChI=1S/C17H20BrN3O4/c1-17(2,3)25-16(24)19-7-6-14(22)21-13-9-20-12-8-10(18)4-5-11(12)15(13)23/h4-5,8-9H,6-7H2,1-3H3,(H,19,24)(H,20,23)(H,21,22). The van der Waals surface area contributed by atoms with E-state index in [4.69, 9.17) is 4.74 Å². The van der Waals surface area contributed by atoms with Crippen molar-refractivity contribution >= 4 is 44.5 Å². The van der Waals surface area contributed by atoms with Crippen LogP contribution in [-0.4, -0.2) is 29.1 Å². The van der Waals surface area contributed by atoms with Crippen LogP contribution in [-0.2, 0) is 9.53 Å². The molecule has 0 radical (unpaired) electrons. The smallest absolute Gasteiger partial charge is 0.407 e. The normalized spacial score (nSPS) is 11.2. The number of benzene rings is 1. The molecule has 0 atom stereocenters. The molecule has 0 aliphatic rings. The van der Waals surface area contributed by atoms with Gasteiger partial charge >= 0.3 is 6.09 Å². The zero-order valence-electron chi connectivity index (χ0n) is 14.2. The summed E-state index contributed by atoms with van der Waals surface area (Å²) in [5.41, 5.74) is -0.0320. The minimum atomic E-state index is -0.597. The van der Waals surface area contributed by atoms with Gasteiger partial charge in [0.05, 0.1) is 5.52 Å². The summed E-state index contributed by atoms with van der Waals surface area (Å²) in [7, 11) is 0. The molecule has 2 aromatic rings. The largest absolute Gasteiger partial charge is 0.444 e. The van der Waals surface area contributed by atoms with Gasteiger partial charge in [-0.25, -0.2) is 4.79 Å². The lowest BCUT2D eigenvalue weighted by Crippen LogP contribution is -2.34. The minimum Gasteiger partial charge on any atom is -0.444 e. The third-order valence-corrected chi connectivity index (χ3v) is 3.63. The zero-order valence-corrected chi connectivity index (χ0v) is 15.8. The van der Waals surface area contributed by atoms with Crippen molar-refractivity contribution in [1.29, 1.82) is 0 Å². The molecule has 3 N–H and O–H groups in total. The van der Waals surface area contributed by atoms with E-state index in [-0.39, 0.29) is 30.0 Å². The number of carbonyl (C=O) groups excluding carboxylic acids is 2. The first-order chi connectivity index (χ1) is 11.7. The Balaban J connectivity index is 1.94. The quantitative estimate of drug-likeness (QED) is 0.721. The fraction of sp³-hybridized carbons (Fsp3) is 0.353. The lowest BCUT2D eigenvalue weighted by Gasteiger charge is -2.19. The van der Waals surface area contributed by atoms with Gasteiger partial charge in [-0.3, -0.25) is 9.59 Å². The van der Waals surface area contributed by atoms with Crippen molar-refractivity contribution in [3.05, 3.63) is 39.1 Å². The number of rotatable bonds is 4. The Bertz CT molecular complexity index is 855. The van der Waals surface area contributed by atoms with Gasteiger partial charge in [-0.05, 0) is 39.0 Å². The molecule has 1 aromatic heterocycles. The number of amides is 2. The van der Waals surface area contributed by atoms with Gasteiger partial charge in [0.1, 0.15) is 11.3 Å². The maximum atomic E-state index is 12.4. The number of hydrogen-bond acceptors (Lipinski definition) is 4. The number of alkyl carbamates (subject to hydrolysis) is 1. The van der Waals surface area contributed by atoms with Crippen LogP contribution >= 0.6 is 15.9 Å². The molecule has 0 saturated carbocycles. The Morgan fingerprint density at radius 1 is 1.28 bits per heavy atom. The summed E-state index contributed by atoms with van der Waals surface area (Å²) in [4.78, 5) is 38.8. The van der Waals surface area contributed by atoms with Gasteiger partial charge < -0.3 is 20.4 Å². The van der Waals surface area contributed by atoms with Gasteiger partial charge in [-0.1, -0.05) is 15.9 Å². The van der Waals surface area contributed by atoms with Crippen LogP contribution in [0.1, 0.15) is 27.2 Å². The van der Waals surface area contributed by atoms with Crippen molar-refractivity contribution in [2.24, 2.45) is 0 Å². The number of carbonyl (C=O) groups is 2. The lowest BCUT2D eigenvalue weighted by molar-refractivity contribution is -0.116. The number of aromatic amines is 1. The summed E-state index contributed by atoms with van der Waals surface area (Å²) in [5.74, 6) is -0.377. The highest BCUT2D eigenvalue weighted by Crippen LogP contribution is 2.16. The molecule has 0 unspecified atom stereocenters. The predicted molar refractivity (Wildman–Crippen MR) is 99.8 cm³/mol. The van der Waals surface area contributed by atoms with Crippen LogP contribution in [0.3, 0.4) is 0 Å². The second kappa shape index (κ2) is 7.69. The van der Waals surface area contributed by atoms with Gasteiger partial charge in [-0.2, -0.15) is 0 Å². The van der Waals surface area contributed by atoms with Crippen molar-refractivity contribution in [2.75, 3.05) is 11.9 Å². The number of aromatic nitrogens is 1. The van der Waals surface area contributed by atoms with E-state index in [2.05, 4.69) is 31.5 Å². The van der Waals surface area contributed by atoms with E-state index in [0.717, 1.165) is 4.47 Å².